The van der Waals surface area contributed by atoms with Crippen LogP contribution in [0.15, 0.2) is 36.7 Å². The second kappa shape index (κ2) is 4.11. The molecule has 0 saturated heterocycles. The molecule has 1 aromatic heterocycles. The van der Waals surface area contributed by atoms with Crippen molar-refractivity contribution in [3.05, 3.63) is 53.9 Å². The standard InChI is InChI=1S/C13H7F2N/c1-2-9-6-7-16-8-11(9)10-4-3-5-12(14)13(10)15/h1,3-8H. The molecule has 0 bridgehead atoms. The predicted octanol–water partition coefficient (Wildman–Crippen LogP) is 3.01. The molecule has 1 aromatic carbocycles. The van der Waals surface area contributed by atoms with Crippen LogP contribution in [0.4, 0.5) is 8.78 Å². The third-order valence-corrected chi connectivity index (χ3v) is 2.22. The van der Waals surface area contributed by atoms with Crippen molar-refractivity contribution in [3.63, 3.8) is 0 Å². The molecule has 16 heavy (non-hydrogen) atoms. The highest BCUT2D eigenvalue weighted by Crippen LogP contribution is 2.26. The monoisotopic (exact) mass is 215 g/mol. The number of hydrogen-bond acceptors (Lipinski definition) is 1. The van der Waals surface area contributed by atoms with Crippen molar-refractivity contribution >= 4 is 0 Å². The number of aromatic nitrogens is 1. The topological polar surface area (TPSA) is 12.9 Å². The third kappa shape index (κ3) is 1.66. The number of terminal acetylenes is 1. The second-order valence-corrected chi connectivity index (χ2v) is 3.17. The number of nitrogens with zero attached hydrogens (tertiary/aromatic N) is 1. The first-order chi connectivity index (χ1) is 7.74. The highest BCUT2D eigenvalue weighted by Gasteiger charge is 2.12. The zero-order chi connectivity index (χ0) is 11.5. The lowest BCUT2D eigenvalue weighted by Crippen LogP contribution is -1.92. The Labute approximate surface area is 91.8 Å². The maximum Gasteiger partial charge on any atom is 0.166 e. The van der Waals surface area contributed by atoms with E-state index in [1.165, 1.54) is 24.5 Å². The van der Waals surface area contributed by atoms with Crippen molar-refractivity contribution in [1.29, 1.82) is 0 Å². The average Bonchev–Trinajstić information content (AvgIpc) is 2.33. The Kier molecular flexibility index (Phi) is 2.65. The lowest BCUT2D eigenvalue weighted by atomic mass is 10.0. The summed E-state index contributed by atoms with van der Waals surface area (Å²) in [5.74, 6) is 0.603. The Bertz CT molecular complexity index is 570. The molecule has 0 aliphatic carbocycles. The van der Waals surface area contributed by atoms with Crippen molar-refractivity contribution in [2.75, 3.05) is 0 Å². The molecule has 0 radical (unpaired) electrons. The summed E-state index contributed by atoms with van der Waals surface area (Å²) < 4.78 is 26.6. The van der Waals surface area contributed by atoms with Crippen molar-refractivity contribution in [1.82, 2.24) is 4.98 Å². The maximum atomic E-state index is 13.5. The molecule has 0 fully saturated rings. The molecule has 3 heteroatoms. The van der Waals surface area contributed by atoms with Crippen molar-refractivity contribution in [2.24, 2.45) is 0 Å². The normalized spacial score (nSPS) is 9.81. The number of hydrogen-bond donors (Lipinski definition) is 0. The van der Waals surface area contributed by atoms with Crippen LogP contribution >= 0.6 is 0 Å². The first-order valence-corrected chi connectivity index (χ1v) is 4.59. The van der Waals surface area contributed by atoms with E-state index in [0.717, 1.165) is 6.07 Å². The Morgan fingerprint density at radius 2 is 1.94 bits per heavy atom. The minimum absolute atomic E-state index is 0.126. The van der Waals surface area contributed by atoms with Gasteiger partial charge in [-0.05, 0) is 12.1 Å². The van der Waals surface area contributed by atoms with Gasteiger partial charge in [-0.15, -0.1) is 6.42 Å². The van der Waals surface area contributed by atoms with Crippen molar-refractivity contribution < 1.29 is 8.78 Å². The van der Waals surface area contributed by atoms with E-state index < -0.39 is 11.6 Å². The van der Waals surface area contributed by atoms with Crippen molar-refractivity contribution in [3.8, 4) is 23.5 Å². The molecule has 1 nitrogen and oxygen atoms in total. The summed E-state index contributed by atoms with van der Waals surface area (Å²) in [6, 6.07) is 5.54. The highest BCUT2D eigenvalue weighted by atomic mass is 19.2. The van der Waals surface area contributed by atoms with E-state index in [1.807, 2.05) is 0 Å². The van der Waals surface area contributed by atoms with Crippen LogP contribution < -0.4 is 0 Å². The lowest BCUT2D eigenvalue weighted by Gasteiger charge is -2.05. The maximum absolute atomic E-state index is 13.5. The molecular formula is C13H7F2N. The quantitative estimate of drug-likeness (QED) is 0.666. The van der Waals surface area contributed by atoms with Gasteiger partial charge in [-0.2, -0.15) is 0 Å². The first-order valence-electron chi connectivity index (χ1n) is 4.59. The smallest absolute Gasteiger partial charge is 0.166 e. The molecule has 0 unspecified atom stereocenters. The first kappa shape index (κ1) is 10.3. The Morgan fingerprint density at radius 3 is 2.69 bits per heavy atom. The van der Waals surface area contributed by atoms with Gasteiger partial charge in [-0.25, -0.2) is 8.78 Å². The fraction of sp³-hybridized carbons (Fsp3) is 0. The van der Waals surface area contributed by atoms with E-state index in [9.17, 15) is 8.78 Å². The van der Waals surface area contributed by atoms with Gasteiger partial charge < -0.3 is 0 Å². The summed E-state index contributed by atoms with van der Waals surface area (Å²) in [7, 11) is 0. The zero-order valence-corrected chi connectivity index (χ0v) is 8.24. The van der Waals surface area contributed by atoms with Crippen LogP contribution in [-0.2, 0) is 0 Å². The van der Waals surface area contributed by atoms with Crippen LogP contribution in [0.25, 0.3) is 11.1 Å². The summed E-state index contributed by atoms with van der Waals surface area (Å²) in [4.78, 5) is 3.86. The minimum atomic E-state index is -0.910. The molecule has 1 heterocycles. The summed E-state index contributed by atoms with van der Waals surface area (Å²) in [6.45, 7) is 0. The number of benzene rings is 1. The number of pyridine rings is 1. The second-order valence-electron chi connectivity index (χ2n) is 3.17. The predicted molar refractivity (Wildman–Crippen MR) is 57.5 cm³/mol. The van der Waals surface area contributed by atoms with E-state index in [4.69, 9.17) is 6.42 Å². The van der Waals surface area contributed by atoms with Crippen LogP contribution in [0, 0.1) is 24.0 Å². The summed E-state index contributed by atoms with van der Waals surface area (Å²) >= 11 is 0. The largest absolute Gasteiger partial charge is 0.264 e. The van der Waals surface area contributed by atoms with Crippen LogP contribution in [0.2, 0.25) is 0 Å². The number of rotatable bonds is 1. The van der Waals surface area contributed by atoms with Crippen LogP contribution in [-0.4, -0.2) is 4.98 Å². The molecule has 0 amide bonds. The Hall–Kier alpha value is -2.21. The molecule has 78 valence electrons. The van der Waals surface area contributed by atoms with Gasteiger partial charge >= 0.3 is 0 Å². The van der Waals surface area contributed by atoms with Gasteiger partial charge in [0.1, 0.15) is 0 Å². The van der Waals surface area contributed by atoms with Crippen molar-refractivity contribution in [2.45, 2.75) is 0 Å². The Balaban J connectivity index is 2.69. The van der Waals surface area contributed by atoms with E-state index in [2.05, 4.69) is 10.9 Å². The fourth-order valence-electron chi connectivity index (χ4n) is 1.45. The molecule has 0 aliphatic rings. The SMILES string of the molecule is C#Cc1ccncc1-c1cccc(F)c1F. The third-order valence-electron chi connectivity index (χ3n) is 2.22. The molecular weight excluding hydrogens is 208 g/mol. The van der Waals surface area contributed by atoms with Crippen LogP contribution in [0.3, 0.4) is 0 Å². The summed E-state index contributed by atoms with van der Waals surface area (Å²) in [6.07, 6.45) is 8.22. The van der Waals surface area contributed by atoms with Crippen LogP contribution in [0.1, 0.15) is 5.56 Å². The van der Waals surface area contributed by atoms with E-state index >= 15 is 0 Å². The highest BCUT2D eigenvalue weighted by molar-refractivity contribution is 5.70. The van der Waals surface area contributed by atoms with Gasteiger partial charge in [-0.3, -0.25) is 4.98 Å². The molecule has 2 aromatic rings. The zero-order valence-electron chi connectivity index (χ0n) is 8.24. The lowest BCUT2D eigenvalue weighted by molar-refractivity contribution is 0.511. The summed E-state index contributed by atoms with van der Waals surface area (Å²) in [5.41, 5.74) is 1.03. The molecule has 0 aliphatic heterocycles. The molecule has 0 saturated carbocycles. The number of halogens is 2. The average molecular weight is 215 g/mol. The summed E-state index contributed by atoms with van der Waals surface area (Å²) in [5, 5.41) is 0. The molecule has 0 spiro atoms. The molecule has 0 atom stereocenters. The van der Waals surface area contributed by atoms with Gasteiger partial charge in [0.25, 0.3) is 0 Å². The van der Waals surface area contributed by atoms with E-state index in [0.29, 0.717) is 11.1 Å². The van der Waals surface area contributed by atoms with Gasteiger partial charge in [-0.1, -0.05) is 18.1 Å². The minimum Gasteiger partial charge on any atom is -0.264 e. The fourth-order valence-corrected chi connectivity index (χ4v) is 1.45. The van der Waals surface area contributed by atoms with Gasteiger partial charge in [0.15, 0.2) is 11.6 Å². The van der Waals surface area contributed by atoms with Gasteiger partial charge in [0.05, 0.1) is 0 Å². The Morgan fingerprint density at radius 1 is 1.12 bits per heavy atom. The van der Waals surface area contributed by atoms with Crippen LogP contribution in [0.5, 0.6) is 0 Å². The van der Waals surface area contributed by atoms with E-state index in [-0.39, 0.29) is 5.56 Å². The van der Waals surface area contributed by atoms with E-state index in [1.54, 1.807) is 6.07 Å². The van der Waals surface area contributed by atoms with Gasteiger partial charge in [0, 0.05) is 29.1 Å². The molecule has 0 N–H and O–H groups in total. The molecule has 2 rings (SSSR count). The van der Waals surface area contributed by atoms with Gasteiger partial charge in [0.2, 0.25) is 0 Å².